The molecule has 0 unspecified atom stereocenters. The van der Waals surface area contributed by atoms with Gasteiger partial charge in [-0.15, -0.1) is 22.9 Å². The summed E-state index contributed by atoms with van der Waals surface area (Å²) in [5.41, 5.74) is 0.699. The fourth-order valence-electron chi connectivity index (χ4n) is 2.54. The summed E-state index contributed by atoms with van der Waals surface area (Å²) in [6, 6.07) is 1.61. The minimum Gasteiger partial charge on any atom is -0.210 e. The molecule has 0 radical (unpaired) electrons. The molecule has 1 N–H and O–H groups in total. The maximum atomic E-state index is 12.3. The van der Waals surface area contributed by atoms with Gasteiger partial charge in [-0.2, -0.15) is 0 Å². The molecule has 20 heavy (non-hydrogen) atoms. The number of aryl methyl sites for hydroxylation is 1. The summed E-state index contributed by atoms with van der Waals surface area (Å²) in [6.07, 6.45) is 5.44. The Balaban J connectivity index is 2.08. The van der Waals surface area contributed by atoms with Crippen LogP contribution < -0.4 is 4.72 Å². The van der Waals surface area contributed by atoms with Crippen LogP contribution in [0.15, 0.2) is 10.3 Å². The van der Waals surface area contributed by atoms with Crippen LogP contribution in [0.25, 0.3) is 0 Å². The molecular weight excluding hydrogens is 337 g/mol. The first-order chi connectivity index (χ1) is 9.38. The average molecular weight is 356 g/mol. The molecule has 0 aromatic carbocycles. The number of nitrogens with one attached hydrogen (secondary N) is 1. The van der Waals surface area contributed by atoms with Gasteiger partial charge in [0.2, 0.25) is 10.0 Å². The van der Waals surface area contributed by atoms with E-state index in [1.54, 1.807) is 13.0 Å². The van der Waals surface area contributed by atoms with Crippen molar-refractivity contribution in [3.05, 3.63) is 16.0 Å². The summed E-state index contributed by atoms with van der Waals surface area (Å²) >= 11 is 13.1. The molecule has 0 aliphatic heterocycles. The highest BCUT2D eigenvalue weighted by molar-refractivity contribution is 7.91. The number of sulfonamides is 1. The molecule has 1 fully saturated rings. The van der Waals surface area contributed by atoms with Crippen molar-refractivity contribution in [3.8, 4) is 0 Å². The predicted octanol–water partition coefficient (Wildman–Crippen LogP) is 4.18. The van der Waals surface area contributed by atoms with Crippen molar-refractivity contribution in [1.82, 2.24) is 4.72 Å². The Hall–Kier alpha value is 0.190. The van der Waals surface area contributed by atoms with Crippen LogP contribution in [0.1, 0.15) is 37.7 Å². The second-order valence-electron chi connectivity index (χ2n) is 5.54. The lowest BCUT2D eigenvalue weighted by Gasteiger charge is -2.35. The number of halogens is 2. The Labute approximate surface area is 134 Å². The van der Waals surface area contributed by atoms with Crippen LogP contribution in [-0.2, 0) is 10.0 Å². The van der Waals surface area contributed by atoms with Crippen molar-refractivity contribution in [1.29, 1.82) is 0 Å². The van der Waals surface area contributed by atoms with E-state index in [0.717, 1.165) is 42.6 Å². The van der Waals surface area contributed by atoms with E-state index >= 15 is 0 Å². The standard InChI is InChI=1S/C13H19Cl2NO2S2/c1-10-7-11(19-12(10)15)20(17,18)16-9-13(8-14)5-3-2-4-6-13/h7,16H,2-6,8-9H2,1H3. The zero-order chi connectivity index (χ0) is 14.8. The largest absolute Gasteiger partial charge is 0.250 e. The van der Waals surface area contributed by atoms with E-state index in [1.165, 1.54) is 6.42 Å². The molecule has 0 bridgehead atoms. The van der Waals surface area contributed by atoms with Gasteiger partial charge in [0.1, 0.15) is 4.21 Å². The number of rotatable bonds is 5. The molecular formula is C13H19Cl2NO2S2. The summed E-state index contributed by atoms with van der Waals surface area (Å²) in [4.78, 5) is 0. The third-order valence-electron chi connectivity index (χ3n) is 3.93. The smallest absolute Gasteiger partial charge is 0.210 e. The molecule has 1 saturated carbocycles. The lowest BCUT2D eigenvalue weighted by molar-refractivity contribution is 0.224. The number of alkyl halides is 1. The Morgan fingerprint density at radius 2 is 2.00 bits per heavy atom. The summed E-state index contributed by atoms with van der Waals surface area (Å²) in [5, 5.41) is 0. The van der Waals surface area contributed by atoms with Crippen LogP contribution >= 0.6 is 34.5 Å². The van der Waals surface area contributed by atoms with Gasteiger partial charge in [-0.3, -0.25) is 0 Å². The average Bonchev–Trinajstić information content (AvgIpc) is 2.79. The molecule has 3 nitrogen and oxygen atoms in total. The van der Waals surface area contributed by atoms with E-state index in [1.807, 2.05) is 0 Å². The first-order valence-corrected chi connectivity index (χ1v) is 9.91. The molecule has 1 aromatic heterocycles. The van der Waals surface area contributed by atoms with E-state index in [4.69, 9.17) is 23.2 Å². The maximum Gasteiger partial charge on any atom is 0.250 e. The summed E-state index contributed by atoms with van der Waals surface area (Å²) in [5.74, 6) is 0.500. The van der Waals surface area contributed by atoms with Gasteiger partial charge in [0, 0.05) is 12.4 Å². The first kappa shape index (κ1) is 16.6. The zero-order valence-corrected chi connectivity index (χ0v) is 14.6. The normalized spacial score (nSPS) is 19.1. The lowest BCUT2D eigenvalue weighted by atomic mass is 9.76. The van der Waals surface area contributed by atoms with Gasteiger partial charge in [0.15, 0.2) is 0 Å². The highest BCUT2D eigenvalue weighted by Crippen LogP contribution is 2.37. The quantitative estimate of drug-likeness (QED) is 0.805. The molecule has 0 saturated heterocycles. The Bertz CT molecular complexity index is 543. The first-order valence-electron chi connectivity index (χ1n) is 6.70. The molecule has 2 rings (SSSR count). The van der Waals surface area contributed by atoms with Gasteiger partial charge >= 0.3 is 0 Å². The molecule has 1 heterocycles. The molecule has 1 aromatic rings. The van der Waals surface area contributed by atoms with Gasteiger partial charge in [0.05, 0.1) is 4.34 Å². The van der Waals surface area contributed by atoms with E-state index in [0.29, 0.717) is 16.8 Å². The monoisotopic (exact) mass is 355 g/mol. The molecule has 1 aliphatic carbocycles. The van der Waals surface area contributed by atoms with E-state index in [2.05, 4.69) is 4.72 Å². The molecule has 7 heteroatoms. The molecule has 1 aliphatic rings. The Morgan fingerprint density at radius 1 is 1.35 bits per heavy atom. The van der Waals surface area contributed by atoms with Crippen LogP contribution in [-0.4, -0.2) is 20.8 Å². The van der Waals surface area contributed by atoms with E-state index in [-0.39, 0.29) is 9.62 Å². The molecule has 0 atom stereocenters. The Kier molecular flexibility index (Phi) is 5.40. The van der Waals surface area contributed by atoms with Crippen molar-refractivity contribution in [3.63, 3.8) is 0 Å². The van der Waals surface area contributed by atoms with Crippen molar-refractivity contribution in [2.45, 2.75) is 43.2 Å². The predicted molar refractivity (Wildman–Crippen MR) is 85.5 cm³/mol. The number of hydrogen-bond acceptors (Lipinski definition) is 3. The second kappa shape index (κ2) is 6.53. The van der Waals surface area contributed by atoms with Gasteiger partial charge in [-0.1, -0.05) is 30.9 Å². The maximum absolute atomic E-state index is 12.3. The highest BCUT2D eigenvalue weighted by Gasteiger charge is 2.33. The van der Waals surface area contributed by atoms with Crippen LogP contribution in [0.5, 0.6) is 0 Å². The fourth-order valence-corrected chi connectivity index (χ4v) is 5.81. The van der Waals surface area contributed by atoms with Crippen molar-refractivity contribution < 1.29 is 8.42 Å². The summed E-state index contributed by atoms with van der Waals surface area (Å²) in [7, 11) is -3.48. The van der Waals surface area contributed by atoms with Crippen molar-refractivity contribution >= 4 is 44.6 Å². The van der Waals surface area contributed by atoms with Crippen LogP contribution in [0, 0.1) is 12.3 Å². The topological polar surface area (TPSA) is 46.2 Å². The number of thiophene rings is 1. The van der Waals surface area contributed by atoms with Gasteiger partial charge in [-0.05, 0) is 36.8 Å². The van der Waals surface area contributed by atoms with E-state index in [9.17, 15) is 8.42 Å². The van der Waals surface area contributed by atoms with Gasteiger partial charge in [-0.25, -0.2) is 13.1 Å². The summed E-state index contributed by atoms with van der Waals surface area (Å²) < 4.78 is 28.1. The van der Waals surface area contributed by atoms with Crippen LogP contribution in [0.3, 0.4) is 0 Å². The molecule has 114 valence electrons. The minimum absolute atomic E-state index is 0.0943. The zero-order valence-electron chi connectivity index (χ0n) is 11.4. The minimum atomic E-state index is -3.48. The van der Waals surface area contributed by atoms with Crippen molar-refractivity contribution in [2.75, 3.05) is 12.4 Å². The lowest BCUT2D eigenvalue weighted by Crippen LogP contribution is -2.40. The van der Waals surface area contributed by atoms with Crippen molar-refractivity contribution in [2.24, 2.45) is 5.41 Å². The van der Waals surface area contributed by atoms with E-state index < -0.39 is 10.0 Å². The third kappa shape index (κ3) is 3.69. The molecule has 0 amide bonds. The SMILES string of the molecule is Cc1cc(S(=O)(=O)NCC2(CCl)CCCCC2)sc1Cl. The van der Waals surface area contributed by atoms with Gasteiger partial charge in [0.25, 0.3) is 0 Å². The third-order valence-corrected chi connectivity index (χ3v) is 7.93. The Morgan fingerprint density at radius 3 is 2.50 bits per heavy atom. The molecule has 0 spiro atoms. The van der Waals surface area contributed by atoms with Crippen LogP contribution in [0.2, 0.25) is 4.34 Å². The van der Waals surface area contributed by atoms with Gasteiger partial charge < -0.3 is 0 Å². The fraction of sp³-hybridized carbons (Fsp3) is 0.692. The second-order valence-corrected chi connectivity index (χ2v) is 9.46. The highest BCUT2D eigenvalue weighted by atomic mass is 35.5. The van der Waals surface area contributed by atoms with Crippen LogP contribution in [0.4, 0.5) is 0 Å². The summed E-state index contributed by atoms with van der Waals surface area (Å²) in [6.45, 7) is 2.21. The number of hydrogen-bond donors (Lipinski definition) is 1.